The summed E-state index contributed by atoms with van der Waals surface area (Å²) in [6.07, 6.45) is 2.28. The van der Waals surface area contributed by atoms with E-state index in [2.05, 4.69) is 18.2 Å². The number of nitrogens with zero attached hydrogens (tertiary/aromatic N) is 6. The lowest BCUT2D eigenvalue weighted by molar-refractivity contribution is 0.393. The molecule has 0 amide bonds. The van der Waals surface area contributed by atoms with Crippen LogP contribution >= 0.6 is 0 Å². The van der Waals surface area contributed by atoms with E-state index in [1.807, 2.05) is 78.3 Å². The van der Waals surface area contributed by atoms with Crippen LogP contribution in [0.5, 0.6) is 17.5 Å². The lowest BCUT2D eigenvalue weighted by Gasteiger charge is -2.27. The Kier molecular flexibility index (Phi) is 5.18. The largest absolute Gasteiger partial charge is 0.496 e. The van der Waals surface area contributed by atoms with Gasteiger partial charge in [-0.3, -0.25) is 0 Å². The molecule has 6 aromatic rings. The molecule has 4 heterocycles. The van der Waals surface area contributed by atoms with Gasteiger partial charge in [0.1, 0.15) is 12.1 Å². The summed E-state index contributed by atoms with van der Waals surface area (Å²) in [5.41, 5.74) is 6.39. The molecular weight excluding hydrogens is 476 g/mol. The first-order valence-corrected chi connectivity index (χ1v) is 12.4. The summed E-state index contributed by atoms with van der Waals surface area (Å²) in [7, 11) is 1.69. The van der Waals surface area contributed by atoms with Gasteiger partial charge in [-0.25, -0.2) is 19.2 Å². The van der Waals surface area contributed by atoms with E-state index in [1.54, 1.807) is 18.0 Å². The van der Waals surface area contributed by atoms with Gasteiger partial charge >= 0.3 is 0 Å². The molecule has 0 N–H and O–H groups in total. The molecule has 8 heteroatoms. The normalized spacial score (nSPS) is 14.1. The number of para-hydroxylation sites is 2. The third-order valence-electron chi connectivity index (χ3n) is 6.92. The van der Waals surface area contributed by atoms with E-state index in [9.17, 15) is 0 Å². The second kappa shape index (κ2) is 8.85. The number of hydrogen-bond donors (Lipinski definition) is 0. The molecule has 0 radical (unpaired) electrons. The molecule has 0 saturated heterocycles. The molecule has 1 aliphatic heterocycles. The Bertz CT molecular complexity index is 1780. The van der Waals surface area contributed by atoms with E-state index in [0.717, 1.165) is 39.4 Å². The first kappa shape index (κ1) is 22.2. The quantitative estimate of drug-likeness (QED) is 0.310. The Hall–Kier alpha value is -4.98. The predicted octanol–water partition coefficient (Wildman–Crippen LogP) is 5.50. The summed E-state index contributed by atoms with van der Waals surface area (Å²) in [5.74, 6) is 2.34. The highest BCUT2D eigenvalue weighted by Gasteiger charge is 2.39. The van der Waals surface area contributed by atoms with Crippen LogP contribution in [0.15, 0.2) is 91.3 Å². The molecule has 1 atom stereocenters. The molecule has 38 heavy (non-hydrogen) atoms. The van der Waals surface area contributed by atoms with Crippen molar-refractivity contribution in [3.05, 3.63) is 125 Å². The highest BCUT2D eigenvalue weighted by molar-refractivity contribution is 5.67. The Morgan fingerprint density at radius 1 is 0.868 bits per heavy atom. The van der Waals surface area contributed by atoms with Gasteiger partial charge in [0.15, 0.2) is 11.5 Å². The Morgan fingerprint density at radius 3 is 2.39 bits per heavy atom. The summed E-state index contributed by atoms with van der Waals surface area (Å²) in [5, 5.41) is 9.65. The van der Waals surface area contributed by atoms with Crippen LogP contribution in [0.2, 0.25) is 0 Å². The van der Waals surface area contributed by atoms with E-state index >= 15 is 0 Å². The van der Waals surface area contributed by atoms with Gasteiger partial charge in [-0.05, 0) is 30.7 Å². The zero-order chi connectivity index (χ0) is 25.6. The van der Waals surface area contributed by atoms with Crippen LogP contribution < -0.4 is 9.47 Å². The van der Waals surface area contributed by atoms with Gasteiger partial charge in [0.25, 0.3) is 0 Å². The molecule has 186 valence electrons. The van der Waals surface area contributed by atoms with Crippen LogP contribution in [0.3, 0.4) is 0 Å². The Morgan fingerprint density at radius 2 is 1.61 bits per heavy atom. The van der Waals surface area contributed by atoms with Crippen molar-refractivity contribution in [3.8, 4) is 23.2 Å². The van der Waals surface area contributed by atoms with E-state index in [-0.39, 0.29) is 5.92 Å². The molecule has 1 aliphatic rings. The fraction of sp³-hybridized carbons (Fsp3) is 0.133. The summed E-state index contributed by atoms with van der Waals surface area (Å²) in [4.78, 5) is 9.68. The van der Waals surface area contributed by atoms with Crippen LogP contribution in [-0.2, 0) is 6.42 Å². The Balaban J connectivity index is 1.47. The molecule has 8 nitrogen and oxygen atoms in total. The average molecular weight is 501 g/mol. The molecule has 0 fully saturated rings. The van der Waals surface area contributed by atoms with Crippen molar-refractivity contribution in [2.75, 3.05) is 7.11 Å². The maximum absolute atomic E-state index is 6.51. The maximum atomic E-state index is 6.51. The topological polar surface area (TPSA) is 79.4 Å². The zero-order valence-electron chi connectivity index (χ0n) is 20.9. The predicted molar refractivity (Wildman–Crippen MR) is 142 cm³/mol. The summed E-state index contributed by atoms with van der Waals surface area (Å²) in [6.45, 7) is 2.01. The number of fused-ring (bicyclic) bond motifs is 4. The van der Waals surface area contributed by atoms with Crippen molar-refractivity contribution >= 4 is 5.65 Å². The van der Waals surface area contributed by atoms with Crippen molar-refractivity contribution in [1.29, 1.82) is 0 Å². The highest BCUT2D eigenvalue weighted by Crippen LogP contribution is 2.51. The number of rotatable bonds is 5. The van der Waals surface area contributed by atoms with E-state index in [4.69, 9.17) is 29.6 Å². The summed E-state index contributed by atoms with van der Waals surface area (Å²) in [6, 6.07) is 28.2. The van der Waals surface area contributed by atoms with Crippen molar-refractivity contribution < 1.29 is 9.47 Å². The van der Waals surface area contributed by atoms with E-state index in [1.165, 1.54) is 0 Å². The summed E-state index contributed by atoms with van der Waals surface area (Å²) >= 11 is 0. The lowest BCUT2D eigenvalue weighted by Crippen LogP contribution is -2.16. The second-order valence-electron chi connectivity index (χ2n) is 9.25. The van der Waals surface area contributed by atoms with Crippen LogP contribution in [0, 0.1) is 6.92 Å². The molecule has 0 aliphatic carbocycles. The fourth-order valence-corrected chi connectivity index (χ4v) is 5.24. The first-order valence-electron chi connectivity index (χ1n) is 12.4. The number of aryl methyl sites for hydroxylation is 1. The minimum atomic E-state index is -0.271. The van der Waals surface area contributed by atoms with E-state index in [0.29, 0.717) is 29.7 Å². The molecular formula is C30H24N6O2. The van der Waals surface area contributed by atoms with Gasteiger partial charge in [-0.1, -0.05) is 66.7 Å². The van der Waals surface area contributed by atoms with Gasteiger partial charge in [0, 0.05) is 12.0 Å². The monoisotopic (exact) mass is 500 g/mol. The SMILES string of the molecule is COc1ccccc1[C@@H]1c2c(C)nn(-c3ccccc3)c2Oc2ncn3nc(Cc4ccccc4)nc3c21. The molecule has 0 spiro atoms. The second-order valence-corrected chi connectivity index (χ2v) is 9.25. The van der Waals surface area contributed by atoms with Crippen LogP contribution in [0.1, 0.15) is 39.7 Å². The van der Waals surface area contributed by atoms with Crippen LogP contribution in [0.4, 0.5) is 0 Å². The van der Waals surface area contributed by atoms with Crippen molar-refractivity contribution in [1.82, 2.24) is 29.4 Å². The minimum Gasteiger partial charge on any atom is -0.496 e. The van der Waals surface area contributed by atoms with Gasteiger partial charge in [0.05, 0.1) is 35.5 Å². The average Bonchev–Trinajstić information content (AvgIpc) is 3.53. The van der Waals surface area contributed by atoms with Crippen molar-refractivity contribution in [2.24, 2.45) is 0 Å². The van der Waals surface area contributed by atoms with Crippen molar-refractivity contribution in [3.63, 3.8) is 0 Å². The number of ether oxygens (including phenoxy) is 2. The molecule has 7 rings (SSSR count). The summed E-state index contributed by atoms with van der Waals surface area (Å²) < 4.78 is 15.9. The molecule has 3 aromatic heterocycles. The van der Waals surface area contributed by atoms with Gasteiger partial charge in [-0.2, -0.15) is 5.10 Å². The maximum Gasteiger partial charge on any atom is 0.230 e. The Labute approximate surface area is 219 Å². The van der Waals surface area contributed by atoms with Gasteiger partial charge in [0.2, 0.25) is 11.8 Å². The zero-order valence-corrected chi connectivity index (χ0v) is 20.9. The first-order chi connectivity index (χ1) is 18.7. The minimum absolute atomic E-state index is 0.271. The fourth-order valence-electron chi connectivity index (χ4n) is 5.24. The highest BCUT2D eigenvalue weighted by atomic mass is 16.5. The molecule has 3 aromatic carbocycles. The smallest absolute Gasteiger partial charge is 0.230 e. The number of aromatic nitrogens is 6. The van der Waals surface area contributed by atoms with Crippen LogP contribution in [0.25, 0.3) is 11.3 Å². The standard InChI is InChI=1S/C30H24N6O2/c1-19-25-26(22-15-9-10-16-23(22)37-2)27-28-32-24(17-20-11-5-3-6-12-20)34-35(28)18-31-29(27)38-30(25)36(33-19)21-13-7-4-8-14-21/h3-16,18,26H,17H2,1-2H3/t26-/m1/s1. The van der Waals surface area contributed by atoms with Gasteiger partial charge < -0.3 is 9.47 Å². The number of benzene rings is 3. The molecule has 0 unspecified atom stereocenters. The lowest BCUT2D eigenvalue weighted by atomic mass is 9.84. The van der Waals surface area contributed by atoms with Gasteiger partial charge in [-0.15, -0.1) is 5.10 Å². The molecule has 0 saturated carbocycles. The van der Waals surface area contributed by atoms with E-state index < -0.39 is 0 Å². The van der Waals surface area contributed by atoms with Crippen molar-refractivity contribution in [2.45, 2.75) is 19.3 Å². The number of methoxy groups -OCH3 is 1. The van der Waals surface area contributed by atoms with Crippen LogP contribution in [-0.4, -0.2) is 36.5 Å². The third kappa shape index (κ3) is 3.53. The third-order valence-corrected chi connectivity index (χ3v) is 6.92. The molecule has 0 bridgehead atoms. The number of hydrogen-bond acceptors (Lipinski definition) is 6.